The molecule has 2 N–H and O–H groups in total. The molecule has 1 unspecified atom stereocenters. The molecule has 1 aliphatic rings. The number of carbonyl (C=O) groups is 2. The smallest absolute Gasteiger partial charge is 0.242 e. The molecule has 0 saturated carbocycles. The first-order valence-electron chi connectivity index (χ1n) is 8.92. The Hall–Kier alpha value is -2.08. The summed E-state index contributed by atoms with van der Waals surface area (Å²) < 4.78 is 5.44. The number of carbonyl (C=O) groups excluding carboxylic acids is 2. The third-order valence-corrected chi connectivity index (χ3v) is 4.45. The average molecular weight is 347 g/mol. The third-order valence-electron chi connectivity index (χ3n) is 4.45. The predicted octanol–water partition coefficient (Wildman–Crippen LogP) is 1.72. The molecule has 0 aliphatic carbocycles. The Bertz CT molecular complexity index is 589. The van der Waals surface area contributed by atoms with E-state index in [1.54, 1.807) is 7.11 Å². The quantitative estimate of drug-likeness (QED) is 0.788. The zero-order valence-electron chi connectivity index (χ0n) is 15.4. The second kappa shape index (κ2) is 9.42. The van der Waals surface area contributed by atoms with Crippen LogP contribution in [-0.2, 0) is 9.59 Å². The largest absolute Gasteiger partial charge is 0.496 e. The molecule has 0 radical (unpaired) electrons. The van der Waals surface area contributed by atoms with Gasteiger partial charge in [-0.05, 0) is 18.4 Å². The van der Waals surface area contributed by atoms with Crippen LogP contribution in [0.15, 0.2) is 24.3 Å². The fourth-order valence-corrected chi connectivity index (χ4v) is 3.01. The van der Waals surface area contributed by atoms with Crippen molar-refractivity contribution >= 4 is 11.8 Å². The lowest BCUT2D eigenvalue weighted by Gasteiger charge is -2.37. The van der Waals surface area contributed by atoms with Crippen molar-refractivity contribution < 1.29 is 14.3 Å². The fraction of sp³-hybridized carbons (Fsp3) is 0.579. The Morgan fingerprint density at radius 2 is 2.12 bits per heavy atom. The minimum atomic E-state index is -0.0926. The van der Waals surface area contributed by atoms with Crippen LogP contribution in [0.3, 0.4) is 0 Å². The van der Waals surface area contributed by atoms with Gasteiger partial charge in [0.05, 0.1) is 19.7 Å². The molecule has 1 aromatic rings. The van der Waals surface area contributed by atoms with E-state index >= 15 is 0 Å². The standard InChI is InChI=1S/C19H29N3O3/c1-14(2)8-9-18(23)21-13-19(24)22-11-10-20-12-16(22)15-6-4-5-7-17(15)25-3/h4-7,14,16,20H,8-13H2,1-3H3,(H,21,23). The van der Waals surface area contributed by atoms with Crippen LogP contribution < -0.4 is 15.4 Å². The average Bonchev–Trinajstić information content (AvgIpc) is 2.64. The van der Waals surface area contributed by atoms with Gasteiger partial charge in [-0.3, -0.25) is 9.59 Å². The van der Waals surface area contributed by atoms with Crippen LogP contribution in [0.25, 0.3) is 0 Å². The molecule has 6 heteroatoms. The second-order valence-electron chi connectivity index (χ2n) is 6.76. The SMILES string of the molecule is COc1ccccc1C1CNCCN1C(=O)CNC(=O)CCC(C)C. The van der Waals surface area contributed by atoms with Gasteiger partial charge >= 0.3 is 0 Å². The number of ether oxygens (including phenoxy) is 1. The number of hydrogen-bond acceptors (Lipinski definition) is 4. The van der Waals surface area contributed by atoms with E-state index in [2.05, 4.69) is 24.5 Å². The van der Waals surface area contributed by atoms with Crippen molar-refractivity contribution in [1.82, 2.24) is 15.5 Å². The summed E-state index contributed by atoms with van der Waals surface area (Å²) in [7, 11) is 1.64. The van der Waals surface area contributed by atoms with Crippen LogP contribution in [0, 0.1) is 5.92 Å². The maximum atomic E-state index is 12.7. The summed E-state index contributed by atoms with van der Waals surface area (Å²) in [5.74, 6) is 1.13. The number of para-hydroxylation sites is 1. The molecule has 1 fully saturated rings. The maximum Gasteiger partial charge on any atom is 0.242 e. The van der Waals surface area contributed by atoms with Gasteiger partial charge in [0.2, 0.25) is 11.8 Å². The summed E-state index contributed by atoms with van der Waals surface area (Å²) in [4.78, 5) is 26.4. The molecule has 2 amide bonds. The van der Waals surface area contributed by atoms with Gasteiger partial charge in [-0.1, -0.05) is 32.0 Å². The number of nitrogens with one attached hydrogen (secondary N) is 2. The number of piperazine rings is 1. The van der Waals surface area contributed by atoms with E-state index in [0.29, 0.717) is 25.4 Å². The van der Waals surface area contributed by atoms with Gasteiger partial charge in [0.15, 0.2) is 0 Å². The summed E-state index contributed by atoms with van der Waals surface area (Å²) in [5, 5.41) is 6.08. The van der Waals surface area contributed by atoms with Gasteiger partial charge in [-0.2, -0.15) is 0 Å². The number of amides is 2. The Morgan fingerprint density at radius 3 is 2.84 bits per heavy atom. The molecule has 138 valence electrons. The molecule has 1 aromatic carbocycles. The summed E-state index contributed by atoms with van der Waals surface area (Å²) in [5.41, 5.74) is 0.983. The molecule has 0 aromatic heterocycles. The number of benzene rings is 1. The zero-order chi connectivity index (χ0) is 18.2. The number of rotatable bonds is 7. The number of nitrogens with zero attached hydrogens (tertiary/aromatic N) is 1. The summed E-state index contributed by atoms with van der Waals surface area (Å²) >= 11 is 0. The summed E-state index contributed by atoms with van der Waals surface area (Å²) in [6.07, 6.45) is 1.29. The lowest BCUT2D eigenvalue weighted by Crippen LogP contribution is -2.51. The van der Waals surface area contributed by atoms with E-state index in [0.717, 1.165) is 24.3 Å². The van der Waals surface area contributed by atoms with Crippen molar-refractivity contribution in [1.29, 1.82) is 0 Å². The third kappa shape index (κ3) is 5.46. The van der Waals surface area contributed by atoms with Gasteiger partial charge in [0, 0.05) is 31.6 Å². The highest BCUT2D eigenvalue weighted by molar-refractivity contribution is 5.85. The van der Waals surface area contributed by atoms with Crippen molar-refractivity contribution in [2.75, 3.05) is 33.3 Å². The van der Waals surface area contributed by atoms with Gasteiger partial charge in [0.25, 0.3) is 0 Å². The van der Waals surface area contributed by atoms with E-state index in [4.69, 9.17) is 4.74 Å². The van der Waals surface area contributed by atoms with E-state index in [-0.39, 0.29) is 24.4 Å². The summed E-state index contributed by atoms with van der Waals surface area (Å²) in [6.45, 7) is 6.24. The Kier molecular flexibility index (Phi) is 7.25. The van der Waals surface area contributed by atoms with Gasteiger partial charge in [0.1, 0.15) is 5.75 Å². The normalized spacial score (nSPS) is 17.4. The molecule has 0 spiro atoms. The predicted molar refractivity (Wildman–Crippen MR) is 97.4 cm³/mol. The van der Waals surface area contributed by atoms with Crippen LogP contribution >= 0.6 is 0 Å². The lowest BCUT2D eigenvalue weighted by atomic mass is 10.0. The molecule has 25 heavy (non-hydrogen) atoms. The van der Waals surface area contributed by atoms with E-state index in [1.807, 2.05) is 29.2 Å². The van der Waals surface area contributed by atoms with Gasteiger partial charge < -0.3 is 20.3 Å². The highest BCUT2D eigenvalue weighted by atomic mass is 16.5. The maximum absolute atomic E-state index is 12.7. The topological polar surface area (TPSA) is 70.7 Å². The van der Waals surface area contributed by atoms with E-state index in [1.165, 1.54) is 0 Å². The van der Waals surface area contributed by atoms with Crippen LogP contribution in [-0.4, -0.2) is 50.0 Å². The summed E-state index contributed by atoms with van der Waals surface area (Å²) in [6, 6.07) is 7.66. The molecular weight excluding hydrogens is 318 g/mol. The molecule has 0 bridgehead atoms. The molecule has 2 rings (SSSR count). The van der Waals surface area contributed by atoms with Crippen LogP contribution in [0.2, 0.25) is 0 Å². The van der Waals surface area contributed by atoms with Crippen LogP contribution in [0.4, 0.5) is 0 Å². The highest BCUT2D eigenvalue weighted by Crippen LogP contribution is 2.30. The van der Waals surface area contributed by atoms with E-state index < -0.39 is 0 Å². The van der Waals surface area contributed by atoms with Crippen molar-refractivity contribution in [2.24, 2.45) is 5.92 Å². The Labute approximate surface area is 149 Å². The second-order valence-corrected chi connectivity index (χ2v) is 6.76. The van der Waals surface area contributed by atoms with Crippen molar-refractivity contribution in [3.63, 3.8) is 0 Å². The van der Waals surface area contributed by atoms with Gasteiger partial charge in [-0.15, -0.1) is 0 Å². The molecule has 1 heterocycles. The number of hydrogen-bond donors (Lipinski definition) is 2. The minimum absolute atomic E-state index is 0.0442. The van der Waals surface area contributed by atoms with Crippen molar-refractivity contribution in [3.8, 4) is 5.75 Å². The molecule has 1 aliphatic heterocycles. The number of methoxy groups -OCH3 is 1. The molecule has 1 atom stereocenters. The monoisotopic (exact) mass is 347 g/mol. The van der Waals surface area contributed by atoms with E-state index in [9.17, 15) is 9.59 Å². The lowest BCUT2D eigenvalue weighted by molar-refractivity contribution is -0.135. The molecule has 6 nitrogen and oxygen atoms in total. The van der Waals surface area contributed by atoms with Crippen LogP contribution in [0.1, 0.15) is 38.3 Å². The Balaban J connectivity index is 2.00. The van der Waals surface area contributed by atoms with Crippen molar-refractivity contribution in [2.45, 2.75) is 32.7 Å². The van der Waals surface area contributed by atoms with Crippen molar-refractivity contribution in [3.05, 3.63) is 29.8 Å². The van der Waals surface area contributed by atoms with Gasteiger partial charge in [-0.25, -0.2) is 0 Å². The Morgan fingerprint density at radius 1 is 1.36 bits per heavy atom. The zero-order valence-corrected chi connectivity index (χ0v) is 15.4. The molecular formula is C19H29N3O3. The first kappa shape index (κ1) is 19.2. The fourth-order valence-electron chi connectivity index (χ4n) is 3.01. The first-order valence-corrected chi connectivity index (χ1v) is 8.92. The minimum Gasteiger partial charge on any atom is -0.496 e. The molecule has 1 saturated heterocycles. The first-order chi connectivity index (χ1) is 12.0. The van der Waals surface area contributed by atoms with Crippen LogP contribution in [0.5, 0.6) is 5.75 Å². The highest BCUT2D eigenvalue weighted by Gasteiger charge is 2.29.